The van der Waals surface area contributed by atoms with Crippen LogP contribution in [0.1, 0.15) is 5.69 Å². The second kappa shape index (κ2) is 3.10. The van der Waals surface area contributed by atoms with E-state index in [1.165, 1.54) is 12.5 Å². The predicted molar refractivity (Wildman–Crippen MR) is 47.5 cm³/mol. The first-order valence-electron chi connectivity index (χ1n) is 3.56. The van der Waals surface area contributed by atoms with Gasteiger partial charge in [0.25, 0.3) is 0 Å². The molecule has 0 fully saturated rings. The van der Waals surface area contributed by atoms with Gasteiger partial charge in [0.05, 0.1) is 24.1 Å². The van der Waals surface area contributed by atoms with E-state index >= 15 is 0 Å². The molecule has 5 nitrogen and oxygen atoms in total. The Bertz CT molecular complexity index is 495. The Morgan fingerprint density at radius 1 is 1.46 bits per heavy atom. The zero-order chi connectivity index (χ0) is 9.26. The Kier molecular flexibility index (Phi) is 1.94. The molecule has 0 unspecified atom stereocenters. The molecule has 1 N–H and O–H groups in total. The molecule has 0 amide bonds. The van der Waals surface area contributed by atoms with Crippen LogP contribution in [0.4, 0.5) is 0 Å². The molecule has 6 heteroatoms. The van der Waals surface area contributed by atoms with Gasteiger partial charge in [0, 0.05) is 0 Å². The number of rotatable bonds is 1. The van der Waals surface area contributed by atoms with Crippen molar-refractivity contribution in [3.8, 4) is 0 Å². The molecule has 0 saturated heterocycles. The van der Waals surface area contributed by atoms with E-state index < -0.39 is 0 Å². The summed E-state index contributed by atoms with van der Waals surface area (Å²) < 4.78 is 0. The number of nitrogens with one attached hydrogen (secondary N) is 1. The van der Waals surface area contributed by atoms with Crippen LogP contribution in [0.5, 0.6) is 0 Å². The van der Waals surface area contributed by atoms with E-state index in [0.29, 0.717) is 11.3 Å². The van der Waals surface area contributed by atoms with Gasteiger partial charge in [-0.2, -0.15) is 4.98 Å². The summed E-state index contributed by atoms with van der Waals surface area (Å²) in [6.07, 6.45) is 2.75. The highest BCUT2D eigenvalue weighted by molar-refractivity contribution is 6.16. The van der Waals surface area contributed by atoms with Gasteiger partial charge >= 0.3 is 5.56 Å². The highest BCUT2D eigenvalue weighted by Gasteiger charge is 2.02. The Labute approximate surface area is 77.8 Å². The molecule has 2 aromatic heterocycles. The summed E-state index contributed by atoms with van der Waals surface area (Å²) in [7, 11) is 0. The monoisotopic (exact) mass is 196 g/mol. The summed E-state index contributed by atoms with van der Waals surface area (Å²) >= 11 is 5.56. The lowest BCUT2D eigenvalue weighted by Crippen LogP contribution is -2.09. The van der Waals surface area contributed by atoms with Gasteiger partial charge in [-0.15, -0.1) is 11.6 Å². The van der Waals surface area contributed by atoms with Crippen molar-refractivity contribution in [2.24, 2.45) is 0 Å². The van der Waals surface area contributed by atoms with E-state index in [1.807, 2.05) is 0 Å². The number of aromatic nitrogens is 4. The van der Waals surface area contributed by atoms with Crippen LogP contribution in [0.2, 0.25) is 0 Å². The summed E-state index contributed by atoms with van der Waals surface area (Å²) in [5.74, 6) is 0.271. The van der Waals surface area contributed by atoms with Gasteiger partial charge in [-0.3, -0.25) is 4.79 Å². The molecule has 0 radical (unpaired) electrons. The first-order chi connectivity index (χ1) is 6.31. The van der Waals surface area contributed by atoms with Gasteiger partial charge in [0.1, 0.15) is 0 Å². The van der Waals surface area contributed by atoms with Crippen LogP contribution < -0.4 is 5.56 Å². The van der Waals surface area contributed by atoms with E-state index in [-0.39, 0.29) is 17.0 Å². The molecule has 0 bridgehead atoms. The quantitative estimate of drug-likeness (QED) is 0.673. The van der Waals surface area contributed by atoms with Crippen LogP contribution >= 0.6 is 11.6 Å². The maximum absolute atomic E-state index is 11.1. The average molecular weight is 197 g/mol. The fraction of sp³-hybridized carbons (Fsp3) is 0.143. The van der Waals surface area contributed by atoms with Crippen LogP contribution in [0, 0.1) is 0 Å². The molecular weight excluding hydrogens is 192 g/mol. The van der Waals surface area contributed by atoms with Gasteiger partial charge in [-0.1, -0.05) is 0 Å². The lowest BCUT2D eigenvalue weighted by atomic mass is 10.4. The molecule has 2 heterocycles. The number of fused-ring (bicyclic) bond motifs is 1. The maximum Gasteiger partial charge on any atom is 0.300 e. The number of alkyl halides is 1. The first kappa shape index (κ1) is 8.12. The summed E-state index contributed by atoms with van der Waals surface area (Å²) in [4.78, 5) is 25.3. The number of hydrogen-bond donors (Lipinski definition) is 1. The second-order valence-electron chi connectivity index (χ2n) is 2.40. The average Bonchev–Trinajstić information content (AvgIpc) is 2.18. The third-order valence-electron chi connectivity index (χ3n) is 1.54. The maximum atomic E-state index is 11.1. The van der Waals surface area contributed by atoms with Crippen LogP contribution in [0.3, 0.4) is 0 Å². The molecule has 2 aromatic rings. The minimum atomic E-state index is -0.387. The van der Waals surface area contributed by atoms with Crippen LogP contribution in [0.15, 0.2) is 17.3 Å². The Morgan fingerprint density at radius 3 is 3.08 bits per heavy atom. The van der Waals surface area contributed by atoms with Crippen molar-refractivity contribution in [2.75, 3.05) is 0 Å². The lowest BCUT2D eigenvalue weighted by molar-refractivity contribution is 1.07. The standard InChI is InChI=1S/C7H5ClN4O/c8-1-4-2-9-5-6(12-4)10-3-11-7(5)13/h2-3H,1H2,(H,10,11,12,13). The lowest BCUT2D eigenvalue weighted by Gasteiger charge is -1.96. The zero-order valence-electron chi connectivity index (χ0n) is 6.49. The SMILES string of the molecule is O=c1nc[nH]c2nc(CCl)cnc12. The van der Waals surface area contributed by atoms with Crippen molar-refractivity contribution in [1.29, 1.82) is 0 Å². The number of aromatic amines is 1. The Hall–Kier alpha value is -1.49. The Balaban J connectivity index is 2.80. The predicted octanol–water partition coefficient (Wildman–Crippen LogP) is 0.452. The van der Waals surface area contributed by atoms with Gasteiger partial charge in [0.15, 0.2) is 11.2 Å². The van der Waals surface area contributed by atoms with Crippen molar-refractivity contribution in [3.63, 3.8) is 0 Å². The van der Waals surface area contributed by atoms with E-state index in [2.05, 4.69) is 19.9 Å². The van der Waals surface area contributed by atoms with E-state index in [9.17, 15) is 4.79 Å². The minimum Gasteiger partial charge on any atom is -0.329 e. The molecule has 0 saturated carbocycles. The smallest absolute Gasteiger partial charge is 0.300 e. The first-order valence-corrected chi connectivity index (χ1v) is 4.10. The van der Waals surface area contributed by atoms with Crippen molar-refractivity contribution < 1.29 is 0 Å². The van der Waals surface area contributed by atoms with Gasteiger partial charge in [-0.05, 0) is 0 Å². The highest BCUT2D eigenvalue weighted by Crippen LogP contribution is 2.02. The van der Waals surface area contributed by atoms with Crippen LogP contribution in [-0.4, -0.2) is 19.9 Å². The van der Waals surface area contributed by atoms with E-state index in [0.717, 1.165) is 0 Å². The van der Waals surface area contributed by atoms with Crippen molar-refractivity contribution in [3.05, 3.63) is 28.6 Å². The van der Waals surface area contributed by atoms with Gasteiger partial charge < -0.3 is 4.98 Å². The largest absolute Gasteiger partial charge is 0.329 e. The van der Waals surface area contributed by atoms with Gasteiger partial charge in [0.2, 0.25) is 0 Å². The van der Waals surface area contributed by atoms with Crippen LogP contribution in [0.25, 0.3) is 11.2 Å². The number of halogens is 1. The second-order valence-corrected chi connectivity index (χ2v) is 2.67. The highest BCUT2D eigenvalue weighted by atomic mass is 35.5. The van der Waals surface area contributed by atoms with Crippen molar-refractivity contribution in [1.82, 2.24) is 19.9 Å². The molecule has 0 aliphatic carbocycles. The molecular formula is C7H5ClN4O. The molecule has 2 rings (SSSR count). The normalized spacial score (nSPS) is 10.5. The third-order valence-corrected chi connectivity index (χ3v) is 1.82. The van der Waals surface area contributed by atoms with Crippen molar-refractivity contribution >= 4 is 22.8 Å². The summed E-state index contributed by atoms with van der Waals surface area (Å²) in [5, 5.41) is 0. The molecule has 66 valence electrons. The third kappa shape index (κ3) is 1.38. The molecule has 0 spiro atoms. The molecule has 13 heavy (non-hydrogen) atoms. The summed E-state index contributed by atoms with van der Waals surface area (Å²) in [6.45, 7) is 0. The minimum absolute atomic E-state index is 0.233. The number of H-pyrrole nitrogens is 1. The topological polar surface area (TPSA) is 71.5 Å². The number of nitrogens with zero attached hydrogens (tertiary/aromatic N) is 3. The summed E-state index contributed by atoms with van der Waals surface area (Å²) in [6, 6.07) is 0. The van der Waals surface area contributed by atoms with Crippen molar-refractivity contribution in [2.45, 2.75) is 5.88 Å². The fourth-order valence-corrected chi connectivity index (χ4v) is 1.09. The zero-order valence-corrected chi connectivity index (χ0v) is 7.25. The van der Waals surface area contributed by atoms with E-state index in [1.54, 1.807) is 0 Å². The molecule has 0 atom stereocenters. The fourth-order valence-electron chi connectivity index (χ4n) is 0.960. The molecule has 0 aliphatic heterocycles. The summed E-state index contributed by atoms with van der Waals surface area (Å²) in [5.41, 5.74) is 0.882. The number of hydrogen-bond acceptors (Lipinski definition) is 4. The van der Waals surface area contributed by atoms with Crippen LogP contribution in [-0.2, 0) is 5.88 Å². The Morgan fingerprint density at radius 2 is 2.31 bits per heavy atom. The molecule has 0 aliphatic rings. The van der Waals surface area contributed by atoms with E-state index in [4.69, 9.17) is 11.6 Å². The molecule has 0 aromatic carbocycles. The van der Waals surface area contributed by atoms with Gasteiger partial charge in [-0.25, -0.2) is 9.97 Å².